The molecule has 2 aromatic heterocycles. The Balaban J connectivity index is 1.88. The number of halogens is 2. The molecule has 0 spiro atoms. The highest BCUT2D eigenvalue weighted by Gasteiger charge is 2.09. The molecule has 1 aromatic carbocycles. The van der Waals surface area contributed by atoms with Gasteiger partial charge in [-0.2, -0.15) is 0 Å². The van der Waals surface area contributed by atoms with Gasteiger partial charge in [-0.05, 0) is 23.8 Å². The van der Waals surface area contributed by atoms with E-state index in [9.17, 15) is 0 Å². The molecule has 102 valence electrons. The molecule has 6 heteroatoms. The van der Waals surface area contributed by atoms with Crippen molar-refractivity contribution in [3.8, 4) is 0 Å². The number of hydrogen-bond donors (Lipinski definition) is 0. The normalized spacial score (nSPS) is 11.2. The molecule has 20 heavy (non-hydrogen) atoms. The zero-order valence-corrected chi connectivity index (χ0v) is 13.0. The molecule has 0 atom stereocenters. The minimum Gasteiger partial charge on any atom is -0.332 e. The molecule has 3 nitrogen and oxygen atoms in total. The smallest absolute Gasteiger partial charge is 0.122 e. The van der Waals surface area contributed by atoms with Crippen molar-refractivity contribution in [3.63, 3.8) is 0 Å². The number of rotatable bonds is 3. The SMILES string of the molecule is Cn1cnc2ccnc(SCc3ccc(Cl)cc3Cl)c21. The minimum absolute atomic E-state index is 0.649. The van der Waals surface area contributed by atoms with Gasteiger partial charge in [0.25, 0.3) is 0 Å². The van der Waals surface area contributed by atoms with Crippen LogP contribution in [0.15, 0.2) is 41.8 Å². The predicted molar refractivity (Wildman–Crippen MR) is 84.5 cm³/mol. The number of thioether (sulfide) groups is 1. The first-order valence-corrected chi connectivity index (χ1v) is 7.72. The highest BCUT2D eigenvalue weighted by atomic mass is 35.5. The first-order valence-electron chi connectivity index (χ1n) is 5.98. The largest absolute Gasteiger partial charge is 0.332 e. The van der Waals surface area contributed by atoms with Crippen LogP contribution in [0.3, 0.4) is 0 Å². The van der Waals surface area contributed by atoms with Crippen LogP contribution in [0.1, 0.15) is 5.56 Å². The lowest BCUT2D eigenvalue weighted by Gasteiger charge is -2.06. The van der Waals surface area contributed by atoms with E-state index in [1.807, 2.05) is 29.8 Å². The van der Waals surface area contributed by atoms with Gasteiger partial charge in [-0.3, -0.25) is 0 Å². The Morgan fingerprint density at radius 2 is 2.05 bits per heavy atom. The molecule has 3 aromatic rings. The molecule has 0 fully saturated rings. The van der Waals surface area contributed by atoms with Gasteiger partial charge in [0.2, 0.25) is 0 Å². The number of imidazole rings is 1. The van der Waals surface area contributed by atoms with Crippen molar-refractivity contribution in [3.05, 3.63) is 52.4 Å². The van der Waals surface area contributed by atoms with E-state index in [0.29, 0.717) is 10.0 Å². The summed E-state index contributed by atoms with van der Waals surface area (Å²) < 4.78 is 1.98. The summed E-state index contributed by atoms with van der Waals surface area (Å²) >= 11 is 13.7. The molecule has 0 unspecified atom stereocenters. The monoisotopic (exact) mass is 323 g/mol. The van der Waals surface area contributed by atoms with Gasteiger partial charge in [0, 0.05) is 29.0 Å². The summed E-state index contributed by atoms with van der Waals surface area (Å²) in [6.07, 6.45) is 3.58. The molecule has 0 aliphatic carbocycles. The summed E-state index contributed by atoms with van der Waals surface area (Å²) in [4.78, 5) is 8.76. The van der Waals surface area contributed by atoms with Crippen molar-refractivity contribution in [1.29, 1.82) is 0 Å². The van der Waals surface area contributed by atoms with E-state index in [1.165, 1.54) is 0 Å². The second-order valence-electron chi connectivity index (χ2n) is 4.36. The van der Waals surface area contributed by atoms with E-state index < -0.39 is 0 Å². The topological polar surface area (TPSA) is 30.7 Å². The Kier molecular flexibility index (Phi) is 3.87. The zero-order chi connectivity index (χ0) is 14.1. The number of aromatic nitrogens is 3. The molecule has 3 rings (SSSR count). The second kappa shape index (κ2) is 5.64. The van der Waals surface area contributed by atoms with Crippen LogP contribution in [0.25, 0.3) is 11.0 Å². The van der Waals surface area contributed by atoms with E-state index in [-0.39, 0.29) is 0 Å². The average molecular weight is 324 g/mol. The van der Waals surface area contributed by atoms with Crippen LogP contribution in [-0.2, 0) is 12.8 Å². The van der Waals surface area contributed by atoms with Crippen LogP contribution in [0.2, 0.25) is 10.0 Å². The van der Waals surface area contributed by atoms with Gasteiger partial charge in [0.05, 0.1) is 11.8 Å². The number of aryl methyl sites for hydroxylation is 1. The second-order valence-corrected chi connectivity index (χ2v) is 6.17. The molecular weight excluding hydrogens is 313 g/mol. The zero-order valence-electron chi connectivity index (χ0n) is 10.7. The lowest BCUT2D eigenvalue weighted by atomic mass is 10.2. The van der Waals surface area contributed by atoms with Crippen molar-refractivity contribution >= 4 is 46.0 Å². The molecular formula is C14H11Cl2N3S. The Morgan fingerprint density at radius 1 is 1.20 bits per heavy atom. The third kappa shape index (κ3) is 2.64. The van der Waals surface area contributed by atoms with Crippen molar-refractivity contribution in [2.75, 3.05) is 0 Å². The Labute approximate surface area is 130 Å². The quantitative estimate of drug-likeness (QED) is 0.661. The fourth-order valence-electron chi connectivity index (χ4n) is 1.96. The van der Waals surface area contributed by atoms with Gasteiger partial charge in [-0.25, -0.2) is 9.97 Å². The number of pyridine rings is 1. The van der Waals surface area contributed by atoms with E-state index in [1.54, 1.807) is 30.4 Å². The van der Waals surface area contributed by atoms with E-state index in [0.717, 1.165) is 27.4 Å². The van der Waals surface area contributed by atoms with Crippen molar-refractivity contribution in [1.82, 2.24) is 14.5 Å². The maximum absolute atomic E-state index is 6.19. The number of nitrogens with zero attached hydrogens (tertiary/aromatic N) is 3. The van der Waals surface area contributed by atoms with Gasteiger partial charge in [0.1, 0.15) is 10.5 Å². The standard InChI is InChI=1S/C14H11Cl2N3S/c1-19-8-18-12-4-5-17-14(13(12)19)20-7-9-2-3-10(15)6-11(9)16/h2-6,8H,7H2,1H3. The van der Waals surface area contributed by atoms with Crippen LogP contribution in [0.4, 0.5) is 0 Å². The molecule has 0 radical (unpaired) electrons. The molecule has 0 aliphatic rings. The van der Waals surface area contributed by atoms with Gasteiger partial charge < -0.3 is 4.57 Å². The molecule has 0 amide bonds. The first-order chi connectivity index (χ1) is 9.65. The summed E-state index contributed by atoms with van der Waals surface area (Å²) in [5.41, 5.74) is 3.04. The van der Waals surface area contributed by atoms with Gasteiger partial charge in [-0.1, -0.05) is 41.0 Å². The van der Waals surface area contributed by atoms with Crippen LogP contribution < -0.4 is 0 Å². The van der Waals surface area contributed by atoms with E-state index in [4.69, 9.17) is 23.2 Å². The Bertz CT molecular complexity index is 770. The minimum atomic E-state index is 0.649. The number of hydrogen-bond acceptors (Lipinski definition) is 3. The van der Waals surface area contributed by atoms with Crippen molar-refractivity contribution in [2.24, 2.45) is 7.05 Å². The van der Waals surface area contributed by atoms with Gasteiger partial charge in [-0.15, -0.1) is 0 Å². The maximum Gasteiger partial charge on any atom is 0.122 e. The van der Waals surface area contributed by atoms with Crippen molar-refractivity contribution < 1.29 is 0 Å². The average Bonchev–Trinajstić information content (AvgIpc) is 2.80. The first kappa shape index (κ1) is 13.7. The predicted octanol–water partition coefficient (Wildman–Crippen LogP) is 4.57. The van der Waals surface area contributed by atoms with Crippen LogP contribution >= 0.6 is 35.0 Å². The van der Waals surface area contributed by atoms with Crippen molar-refractivity contribution in [2.45, 2.75) is 10.8 Å². The maximum atomic E-state index is 6.19. The fraction of sp³-hybridized carbons (Fsp3) is 0.143. The van der Waals surface area contributed by atoms with Crippen LogP contribution in [0.5, 0.6) is 0 Å². The molecule has 0 saturated carbocycles. The van der Waals surface area contributed by atoms with Crippen LogP contribution in [-0.4, -0.2) is 14.5 Å². The summed E-state index contributed by atoms with van der Waals surface area (Å²) in [5, 5.41) is 2.28. The summed E-state index contributed by atoms with van der Waals surface area (Å²) in [5.74, 6) is 0.743. The lowest BCUT2D eigenvalue weighted by Crippen LogP contribution is -1.91. The number of fused-ring (bicyclic) bond motifs is 1. The summed E-state index contributed by atoms with van der Waals surface area (Å²) in [6.45, 7) is 0. The summed E-state index contributed by atoms with van der Waals surface area (Å²) in [7, 11) is 1.97. The summed E-state index contributed by atoms with van der Waals surface area (Å²) in [6, 6.07) is 7.47. The number of benzene rings is 1. The highest BCUT2D eigenvalue weighted by molar-refractivity contribution is 7.98. The molecule has 0 N–H and O–H groups in total. The van der Waals surface area contributed by atoms with E-state index in [2.05, 4.69) is 9.97 Å². The molecule has 0 bridgehead atoms. The van der Waals surface area contributed by atoms with Crippen LogP contribution in [0, 0.1) is 0 Å². The van der Waals surface area contributed by atoms with E-state index >= 15 is 0 Å². The lowest BCUT2D eigenvalue weighted by molar-refractivity contribution is 0.927. The highest BCUT2D eigenvalue weighted by Crippen LogP contribution is 2.30. The Hall–Kier alpha value is -1.23. The molecule has 0 aliphatic heterocycles. The fourth-order valence-corrected chi connectivity index (χ4v) is 3.58. The van der Waals surface area contributed by atoms with Gasteiger partial charge in [0.15, 0.2) is 0 Å². The third-order valence-corrected chi connectivity index (χ3v) is 4.59. The Morgan fingerprint density at radius 3 is 2.85 bits per heavy atom. The third-order valence-electron chi connectivity index (χ3n) is 2.97. The molecule has 0 saturated heterocycles. The van der Waals surface area contributed by atoms with Gasteiger partial charge >= 0.3 is 0 Å². The molecule has 2 heterocycles.